The van der Waals surface area contributed by atoms with Crippen LogP contribution in [0.2, 0.25) is 0 Å². The molecule has 0 atom stereocenters. The fraction of sp³-hybridized carbons (Fsp3) is 0.0833. The van der Waals surface area contributed by atoms with E-state index < -0.39 is 37.5 Å². The molecule has 0 bridgehead atoms. The third-order valence-corrected chi connectivity index (χ3v) is 6.19. The van der Waals surface area contributed by atoms with Gasteiger partial charge in [-0.15, -0.1) is 0 Å². The molecule has 0 aliphatic heterocycles. The van der Waals surface area contributed by atoms with Gasteiger partial charge in [0.05, 0.1) is 41.2 Å². The van der Waals surface area contributed by atoms with Crippen molar-refractivity contribution in [1.82, 2.24) is 24.1 Å². The Bertz CT molecular complexity index is 2020. The molecular formula is C24H12F3N6Na2O6P. The van der Waals surface area contributed by atoms with Crippen LogP contribution in [0.1, 0.15) is 11.3 Å². The first kappa shape index (κ1) is 33.8. The molecular weight excluding hydrogens is 602 g/mol. The van der Waals surface area contributed by atoms with Crippen LogP contribution < -0.4 is 80.2 Å². The van der Waals surface area contributed by atoms with Gasteiger partial charge in [0.25, 0.3) is 5.56 Å². The third kappa shape index (κ3) is 6.74. The molecule has 1 aromatic carbocycles. The molecule has 0 fully saturated rings. The van der Waals surface area contributed by atoms with Crippen molar-refractivity contribution < 1.29 is 91.2 Å². The Morgan fingerprint density at radius 2 is 1.76 bits per heavy atom. The van der Waals surface area contributed by atoms with Gasteiger partial charge in [0.1, 0.15) is 24.0 Å². The second kappa shape index (κ2) is 12.9. The molecule has 5 rings (SSSR count). The summed E-state index contributed by atoms with van der Waals surface area (Å²) in [5.74, 6) is 0. The molecule has 0 N–H and O–H groups in total. The smallest absolute Gasteiger partial charge is 0.790 e. The van der Waals surface area contributed by atoms with Gasteiger partial charge in [0.2, 0.25) is 0 Å². The Morgan fingerprint density at radius 3 is 2.38 bits per heavy atom. The summed E-state index contributed by atoms with van der Waals surface area (Å²) >= 11 is 0. The van der Waals surface area contributed by atoms with Gasteiger partial charge < -0.3 is 18.9 Å². The van der Waals surface area contributed by atoms with Gasteiger partial charge in [-0.1, -0.05) is 6.07 Å². The third-order valence-electron chi connectivity index (χ3n) is 5.76. The van der Waals surface area contributed by atoms with Crippen LogP contribution in [0.3, 0.4) is 0 Å². The average Bonchev–Trinajstić information content (AvgIpc) is 2.92. The summed E-state index contributed by atoms with van der Waals surface area (Å²) < 4.78 is 56.7. The molecule has 18 heteroatoms. The van der Waals surface area contributed by atoms with Crippen molar-refractivity contribution in [2.45, 2.75) is 12.9 Å². The zero-order valence-corrected chi connectivity index (χ0v) is 26.6. The fourth-order valence-electron chi connectivity index (χ4n) is 3.96. The van der Waals surface area contributed by atoms with Crippen LogP contribution in [-0.2, 0) is 22.0 Å². The number of phosphoric ester groups is 1. The first-order valence-electron chi connectivity index (χ1n) is 11.0. The number of phosphoric acid groups is 1. The molecule has 12 nitrogen and oxygen atoms in total. The Balaban J connectivity index is 0.00000242. The Labute approximate surface area is 277 Å². The number of benzene rings is 1. The molecule has 0 spiro atoms. The number of hydrogen-bond donors (Lipinski definition) is 0. The van der Waals surface area contributed by atoms with Gasteiger partial charge in [-0.25, -0.2) is 19.3 Å². The number of hydrogen-bond acceptors (Lipinski definition) is 10. The molecule has 4 aromatic heterocycles. The van der Waals surface area contributed by atoms with Gasteiger partial charge in [0, 0.05) is 18.0 Å². The molecule has 5 aromatic rings. The largest absolute Gasteiger partial charge is 1.00 e. The van der Waals surface area contributed by atoms with Crippen molar-refractivity contribution in [2.75, 3.05) is 0 Å². The van der Waals surface area contributed by atoms with E-state index in [2.05, 4.69) is 19.5 Å². The van der Waals surface area contributed by atoms with Crippen molar-refractivity contribution in [1.29, 1.82) is 5.26 Å². The number of halogens is 3. The van der Waals surface area contributed by atoms with E-state index in [9.17, 15) is 37.1 Å². The number of rotatable bonds is 5. The summed E-state index contributed by atoms with van der Waals surface area (Å²) in [7, 11) is -5.64. The van der Waals surface area contributed by atoms with Crippen molar-refractivity contribution in [3.8, 4) is 23.0 Å². The molecule has 0 radical (unpaired) electrons. The van der Waals surface area contributed by atoms with Crippen molar-refractivity contribution in [2.24, 2.45) is 0 Å². The van der Waals surface area contributed by atoms with Crippen LogP contribution in [0, 0.1) is 11.3 Å². The predicted molar refractivity (Wildman–Crippen MR) is 129 cm³/mol. The van der Waals surface area contributed by atoms with Crippen LogP contribution in [0.25, 0.3) is 38.9 Å². The number of aromatic nitrogens is 5. The van der Waals surface area contributed by atoms with E-state index in [1.807, 2.05) is 6.07 Å². The Hall–Kier alpha value is -2.74. The molecule has 0 saturated heterocycles. The summed E-state index contributed by atoms with van der Waals surface area (Å²) in [4.78, 5) is 61.5. The van der Waals surface area contributed by atoms with E-state index in [0.29, 0.717) is 11.6 Å². The van der Waals surface area contributed by atoms with Crippen LogP contribution >= 0.6 is 7.82 Å². The number of fused-ring (bicyclic) bond motifs is 3. The first-order valence-corrected chi connectivity index (χ1v) is 12.5. The zero-order valence-electron chi connectivity index (χ0n) is 21.7. The van der Waals surface area contributed by atoms with E-state index in [4.69, 9.17) is 5.26 Å². The zero-order chi connectivity index (χ0) is 28.8. The molecule has 42 heavy (non-hydrogen) atoms. The minimum absolute atomic E-state index is 0. The number of nitrogens with zero attached hydrogens (tertiary/aromatic N) is 6. The minimum atomic E-state index is -5.64. The standard InChI is InChI=1S/C24H14F3N6O6P.2Na/c25-24(26,27)14-2-1-3-16(8-14)33-21-17(22(34)32(23(33)35)12-39-40(36,37)38)11-30-19-7-6-18(31-20(19)21)13-4-5-15(9-28)29-10-13;;/h1-8,10-11H,12H2,(H2,36,37,38);;/q;2*+1/p-2. The maximum atomic E-state index is 13.5. The van der Waals surface area contributed by atoms with E-state index in [-0.39, 0.29) is 103 Å². The van der Waals surface area contributed by atoms with Gasteiger partial charge in [-0.2, -0.15) is 18.4 Å². The molecule has 0 aliphatic rings. The minimum Gasteiger partial charge on any atom is -0.790 e. The quantitative estimate of drug-likeness (QED) is 0.107. The molecule has 4 heterocycles. The molecule has 0 saturated carbocycles. The van der Waals surface area contributed by atoms with Crippen molar-refractivity contribution in [3.63, 3.8) is 0 Å². The van der Waals surface area contributed by atoms with Crippen LogP contribution in [0.5, 0.6) is 0 Å². The molecule has 0 unspecified atom stereocenters. The summed E-state index contributed by atoms with van der Waals surface area (Å²) in [5.41, 5.74) is -3.16. The molecule has 0 aliphatic carbocycles. The summed E-state index contributed by atoms with van der Waals surface area (Å²) in [5, 5.41) is 8.66. The van der Waals surface area contributed by atoms with Crippen LogP contribution in [-0.4, -0.2) is 24.1 Å². The van der Waals surface area contributed by atoms with Gasteiger partial charge >= 0.3 is 71.0 Å². The number of nitriles is 1. The second-order valence-electron chi connectivity index (χ2n) is 8.23. The summed E-state index contributed by atoms with van der Waals surface area (Å²) in [6.45, 7) is -1.32. The van der Waals surface area contributed by atoms with Crippen LogP contribution in [0.4, 0.5) is 13.2 Å². The average molecular weight is 614 g/mol. The van der Waals surface area contributed by atoms with E-state index >= 15 is 0 Å². The van der Waals surface area contributed by atoms with Gasteiger partial charge in [0.15, 0.2) is 0 Å². The maximum absolute atomic E-state index is 13.5. The maximum Gasteiger partial charge on any atom is 1.00 e. The fourth-order valence-corrected chi connectivity index (χ4v) is 4.22. The Kier molecular flexibility index (Phi) is 10.3. The van der Waals surface area contributed by atoms with Crippen LogP contribution in [0.15, 0.2) is 70.5 Å². The van der Waals surface area contributed by atoms with Gasteiger partial charge in [-0.3, -0.25) is 14.3 Å². The van der Waals surface area contributed by atoms with Crippen molar-refractivity contribution >= 4 is 29.8 Å². The second-order valence-corrected chi connectivity index (χ2v) is 9.39. The Morgan fingerprint density at radius 1 is 1.02 bits per heavy atom. The van der Waals surface area contributed by atoms with E-state index in [1.165, 1.54) is 24.4 Å². The number of alkyl halides is 3. The van der Waals surface area contributed by atoms with Gasteiger partial charge in [-0.05, 0) is 42.5 Å². The normalized spacial score (nSPS) is 11.5. The summed E-state index contributed by atoms with van der Waals surface area (Å²) in [6.07, 6.45) is -2.39. The molecule has 0 amide bonds. The van der Waals surface area contributed by atoms with Crippen molar-refractivity contribution in [3.05, 3.63) is 93.0 Å². The number of pyridine rings is 3. The topological polar surface area (TPSA) is 179 Å². The first-order chi connectivity index (χ1) is 18.9. The monoisotopic (exact) mass is 614 g/mol. The summed E-state index contributed by atoms with van der Waals surface area (Å²) in [6, 6.07) is 11.5. The van der Waals surface area contributed by atoms with E-state index in [1.54, 1.807) is 12.1 Å². The van der Waals surface area contributed by atoms with E-state index in [0.717, 1.165) is 22.9 Å². The molecule has 202 valence electrons. The predicted octanol–water partition coefficient (Wildman–Crippen LogP) is -4.14. The SMILES string of the molecule is N#Cc1ccc(-c2ccc3ncc4c(=O)n(COP(=O)([O-])[O-])c(=O)n(-c5cccc(C(F)(F)F)c5)c4c3n2)cn1.[Na+].[Na+].